The average Bonchev–Trinajstić information content (AvgIpc) is 3.62. The Morgan fingerprint density at radius 3 is 2.83 bits per heavy atom. The Labute approximate surface area is 212 Å². The van der Waals surface area contributed by atoms with Crippen LogP contribution >= 0.6 is 11.3 Å². The highest BCUT2D eigenvalue weighted by atomic mass is 32.1. The molecule has 0 aliphatic carbocycles. The highest BCUT2D eigenvalue weighted by Crippen LogP contribution is 2.34. The first-order chi connectivity index (χ1) is 17.6. The molecule has 1 fully saturated rings. The molecule has 5 aromatic rings. The SMILES string of the molecule is CN(C)CC1CN(c2scnc2-c2nc3ccccc3[nH]2)CCN1C(=O)Cn1cnc2cccnc21. The number of aromatic nitrogens is 6. The summed E-state index contributed by atoms with van der Waals surface area (Å²) in [5, 5.41) is 1.08. The lowest BCUT2D eigenvalue weighted by molar-refractivity contribution is -0.134. The number of benzene rings is 1. The van der Waals surface area contributed by atoms with Gasteiger partial charge in [0.15, 0.2) is 11.5 Å². The number of H-pyrrole nitrogens is 1. The standard InChI is InChI=1S/C25H27N9OS/c1-31(2)12-17-13-32(25-22(28-16-36-25)23-29-18-6-3-4-7-19(18)30-23)10-11-34(17)21(35)14-33-15-27-20-8-5-9-26-24(20)33/h3-9,15-17H,10-14H2,1-2H3,(H,29,30). The average molecular weight is 502 g/mol. The Kier molecular flexibility index (Phi) is 5.86. The van der Waals surface area contributed by atoms with E-state index >= 15 is 0 Å². The van der Waals surface area contributed by atoms with Gasteiger partial charge in [0, 0.05) is 32.4 Å². The minimum absolute atomic E-state index is 0.0367. The largest absolute Gasteiger partial charge is 0.358 e. The number of thiazole rings is 1. The van der Waals surface area contributed by atoms with Gasteiger partial charge in [-0.05, 0) is 38.4 Å². The van der Waals surface area contributed by atoms with Crippen molar-refractivity contribution in [3.05, 3.63) is 54.4 Å². The normalized spacial score (nSPS) is 16.5. The second-order valence-electron chi connectivity index (χ2n) is 9.28. The zero-order chi connectivity index (χ0) is 24.6. The molecule has 10 nitrogen and oxygen atoms in total. The van der Waals surface area contributed by atoms with Gasteiger partial charge in [0.1, 0.15) is 22.8 Å². The number of pyridine rings is 1. The number of piperazine rings is 1. The van der Waals surface area contributed by atoms with Crippen LogP contribution in [0.5, 0.6) is 0 Å². The van der Waals surface area contributed by atoms with Gasteiger partial charge in [0.25, 0.3) is 0 Å². The number of rotatable bonds is 6. The predicted octanol–water partition coefficient (Wildman–Crippen LogP) is 2.71. The maximum absolute atomic E-state index is 13.5. The minimum atomic E-state index is 0.0367. The highest BCUT2D eigenvalue weighted by molar-refractivity contribution is 7.14. The smallest absolute Gasteiger partial charge is 0.243 e. The summed E-state index contributed by atoms with van der Waals surface area (Å²) >= 11 is 1.61. The van der Waals surface area contributed by atoms with Crippen molar-refractivity contribution in [3.8, 4) is 11.5 Å². The fourth-order valence-electron chi connectivity index (χ4n) is 4.89. The number of hydrogen-bond acceptors (Lipinski definition) is 8. The van der Waals surface area contributed by atoms with Crippen molar-refractivity contribution in [3.63, 3.8) is 0 Å². The van der Waals surface area contributed by atoms with Crippen molar-refractivity contribution in [2.45, 2.75) is 12.6 Å². The number of aromatic amines is 1. The van der Waals surface area contributed by atoms with E-state index in [0.717, 1.165) is 58.4 Å². The Balaban J connectivity index is 1.24. The van der Waals surface area contributed by atoms with Crippen molar-refractivity contribution in [2.24, 2.45) is 0 Å². The molecule has 1 atom stereocenters. The van der Waals surface area contributed by atoms with Crippen LogP contribution in [0.25, 0.3) is 33.7 Å². The molecule has 5 heterocycles. The fourth-order valence-corrected chi connectivity index (χ4v) is 5.72. The number of hydrogen-bond donors (Lipinski definition) is 1. The van der Waals surface area contributed by atoms with E-state index in [1.54, 1.807) is 23.9 Å². The number of imidazole rings is 2. The summed E-state index contributed by atoms with van der Waals surface area (Å²) in [6.45, 7) is 3.08. The van der Waals surface area contributed by atoms with E-state index in [2.05, 4.69) is 29.7 Å². The van der Waals surface area contributed by atoms with E-state index in [0.29, 0.717) is 6.54 Å². The van der Waals surface area contributed by atoms with Gasteiger partial charge in [-0.15, -0.1) is 11.3 Å². The molecule has 11 heteroatoms. The van der Waals surface area contributed by atoms with Gasteiger partial charge in [-0.1, -0.05) is 12.1 Å². The minimum Gasteiger partial charge on any atom is -0.358 e. The van der Waals surface area contributed by atoms with Crippen LogP contribution in [0.15, 0.2) is 54.4 Å². The van der Waals surface area contributed by atoms with Crippen molar-refractivity contribution >= 4 is 44.4 Å². The number of carbonyl (C=O) groups is 1. The van der Waals surface area contributed by atoms with E-state index in [9.17, 15) is 4.79 Å². The molecule has 0 radical (unpaired) electrons. The van der Waals surface area contributed by atoms with Gasteiger partial charge < -0.3 is 24.3 Å². The third-order valence-corrected chi connectivity index (χ3v) is 7.39. The monoisotopic (exact) mass is 501 g/mol. The maximum Gasteiger partial charge on any atom is 0.243 e. The Hall–Kier alpha value is -3.83. The molecule has 36 heavy (non-hydrogen) atoms. The number of amides is 1. The molecular weight excluding hydrogens is 474 g/mol. The number of fused-ring (bicyclic) bond motifs is 2. The summed E-state index contributed by atoms with van der Waals surface area (Å²) in [6, 6.07) is 11.8. The summed E-state index contributed by atoms with van der Waals surface area (Å²) in [7, 11) is 4.09. The third kappa shape index (κ3) is 4.20. The highest BCUT2D eigenvalue weighted by Gasteiger charge is 2.33. The molecule has 1 aliphatic heterocycles. The third-order valence-electron chi connectivity index (χ3n) is 6.51. The molecule has 184 valence electrons. The first-order valence-electron chi connectivity index (χ1n) is 11.9. The van der Waals surface area contributed by atoms with Gasteiger partial charge in [-0.2, -0.15) is 0 Å². The molecule has 1 unspecified atom stereocenters. The molecule has 1 amide bonds. The lowest BCUT2D eigenvalue weighted by atomic mass is 10.1. The summed E-state index contributed by atoms with van der Waals surface area (Å²) in [5.41, 5.74) is 6.17. The number of anilines is 1. The van der Waals surface area contributed by atoms with Crippen LogP contribution in [-0.2, 0) is 11.3 Å². The molecule has 6 rings (SSSR count). The first-order valence-corrected chi connectivity index (χ1v) is 12.8. The number of nitrogens with zero attached hydrogens (tertiary/aromatic N) is 8. The van der Waals surface area contributed by atoms with Crippen molar-refractivity contribution in [1.29, 1.82) is 0 Å². The van der Waals surface area contributed by atoms with E-state index < -0.39 is 0 Å². The first kappa shape index (κ1) is 22.6. The van der Waals surface area contributed by atoms with Crippen LogP contribution in [0.3, 0.4) is 0 Å². The summed E-state index contributed by atoms with van der Waals surface area (Å²) < 4.78 is 1.83. The summed E-state index contributed by atoms with van der Waals surface area (Å²) in [4.78, 5) is 41.6. The molecule has 1 aliphatic rings. The van der Waals surface area contributed by atoms with Crippen molar-refractivity contribution in [1.82, 2.24) is 39.3 Å². The molecule has 0 spiro atoms. The molecule has 0 bridgehead atoms. The van der Waals surface area contributed by atoms with Crippen LogP contribution in [-0.4, -0.2) is 91.5 Å². The Morgan fingerprint density at radius 1 is 1.11 bits per heavy atom. The summed E-state index contributed by atoms with van der Waals surface area (Å²) in [5.74, 6) is 0.850. The maximum atomic E-state index is 13.5. The van der Waals surface area contributed by atoms with Crippen LogP contribution < -0.4 is 4.90 Å². The fraction of sp³-hybridized carbons (Fsp3) is 0.320. The topological polar surface area (TPSA) is 99.1 Å². The van der Waals surface area contributed by atoms with Gasteiger partial charge in [0.2, 0.25) is 5.91 Å². The quantitative estimate of drug-likeness (QED) is 0.382. The second-order valence-corrected chi connectivity index (χ2v) is 10.1. The number of para-hydroxylation sites is 2. The van der Waals surface area contributed by atoms with Gasteiger partial charge in [-0.3, -0.25) is 4.79 Å². The number of carbonyl (C=O) groups excluding carboxylic acids is 1. The van der Waals surface area contributed by atoms with Gasteiger partial charge in [-0.25, -0.2) is 19.9 Å². The molecule has 4 aromatic heterocycles. The van der Waals surface area contributed by atoms with E-state index in [1.807, 2.05) is 65.5 Å². The zero-order valence-corrected chi connectivity index (χ0v) is 21.0. The number of likely N-dealkylation sites (N-methyl/N-ethyl adjacent to an activating group) is 1. The Bertz CT molecular complexity index is 1490. The molecule has 0 saturated carbocycles. The second kappa shape index (κ2) is 9.32. The van der Waals surface area contributed by atoms with Crippen LogP contribution in [0.1, 0.15) is 0 Å². The van der Waals surface area contributed by atoms with Crippen LogP contribution in [0, 0.1) is 0 Å². The Morgan fingerprint density at radius 2 is 1.97 bits per heavy atom. The van der Waals surface area contributed by atoms with Gasteiger partial charge in [0.05, 0.1) is 28.9 Å². The van der Waals surface area contributed by atoms with Crippen LogP contribution in [0.4, 0.5) is 5.00 Å². The number of nitrogens with one attached hydrogen (secondary N) is 1. The van der Waals surface area contributed by atoms with Crippen LogP contribution in [0.2, 0.25) is 0 Å². The summed E-state index contributed by atoms with van der Waals surface area (Å²) in [6.07, 6.45) is 3.43. The van der Waals surface area contributed by atoms with Crippen molar-refractivity contribution in [2.75, 3.05) is 45.2 Å². The molecule has 1 aromatic carbocycles. The molecule has 1 N–H and O–H groups in total. The van der Waals surface area contributed by atoms with Crippen molar-refractivity contribution < 1.29 is 4.79 Å². The zero-order valence-electron chi connectivity index (χ0n) is 20.2. The van der Waals surface area contributed by atoms with E-state index in [1.165, 1.54) is 0 Å². The molecular formula is C25H27N9OS. The molecule has 1 saturated heterocycles. The predicted molar refractivity (Wildman–Crippen MR) is 141 cm³/mol. The van der Waals surface area contributed by atoms with E-state index in [4.69, 9.17) is 4.98 Å². The van der Waals surface area contributed by atoms with E-state index in [-0.39, 0.29) is 18.5 Å². The lowest BCUT2D eigenvalue weighted by Crippen LogP contribution is -2.58. The lowest BCUT2D eigenvalue weighted by Gasteiger charge is -2.43. The van der Waals surface area contributed by atoms with Gasteiger partial charge >= 0.3 is 0 Å².